The van der Waals surface area contributed by atoms with Crippen molar-refractivity contribution in [1.29, 1.82) is 5.26 Å². The van der Waals surface area contributed by atoms with E-state index in [1.165, 1.54) is 0 Å². The van der Waals surface area contributed by atoms with Crippen molar-refractivity contribution < 1.29 is 13.9 Å². The summed E-state index contributed by atoms with van der Waals surface area (Å²) in [7, 11) is 0. The third kappa shape index (κ3) is 5.04. The molecule has 1 amide bonds. The fourth-order valence-electron chi connectivity index (χ4n) is 8.59. The molecule has 0 spiro atoms. The molecule has 5 aromatic rings. The van der Waals surface area contributed by atoms with Crippen molar-refractivity contribution in [1.82, 2.24) is 30.0 Å². The Balaban J connectivity index is 1.27. The van der Waals surface area contributed by atoms with Crippen molar-refractivity contribution in [2.24, 2.45) is 11.8 Å². The third-order valence-electron chi connectivity index (χ3n) is 11.1. The Morgan fingerprint density at radius 3 is 2.74 bits per heavy atom. The number of likely N-dealkylation sites (tertiary alicyclic amines) is 1. The summed E-state index contributed by atoms with van der Waals surface area (Å²) in [6, 6.07) is 15.3. The van der Waals surface area contributed by atoms with Crippen LogP contribution in [-0.2, 0) is 11.2 Å². The summed E-state index contributed by atoms with van der Waals surface area (Å²) in [5.41, 5.74) is 4.32. The molecule has 3 saturated heterocycles. The van der Waals surface area contributed by atoms with E-state index in [9.17, 15) is 10.1 Å². The van der Waals surface area contributed by atoms with Gasteiger partial charge >= 0.3 is 0 Å². The number of carbonyl (C=O) groups excluding carboxylic acids is 1. The van der Waals surface area contributed by atoms with Gasteiger partial charge in [0.05, 0.1) is 40.3 Å². The van der Waals surface area contributed by atoms with Gasteiger partial charge in [-0.1, -0.05) is 35.3 Å². The standard InChI is InChI=1S/C38H34Cl2FN7O2/c1-19-25-16-30(29-15-23(50-31-8-4-12-44-46-31)18-47(29)38(49)20-9-10-20)48(36-22-14-28(36)43-17-22)37(25)26-13-21(5-3-11-42)32(34(41)35(26)45-19)24-6-2-7-27(39)33(24)40/h2,4,6-8,12-13,16,20,22-23,28-29,36,43H,3,5,9-10,14-15,17-18H2,1H3. The average Bonchev–Trinajstić information content (AvgIpc) is 3.40. The minimum Gasteiger partial charge on any atom is -0.471 e. The molecular formula is C38H34Cl2FN7O2. The number of carbonyl (C=O) groups is 1. The second kappa shape index (κ2) is 12.2. The largest absolute Gasteiger partial charge is 0.471 e. The van der Waals surface area contributed by atoms with Gasteiger partial charge in [-0.05, 0) is 68.4 Å². The fraction of sp³-hybridized carbons (Fsp3) is 0.395. The summed E-state index contributed by atoms with van der Waals surface area (Å²) in [6.45, 7) is 3.27. The third-order valence-corrected chi connectivity index (χ3v) is 11.9. The van der Waals surface area contributed by atoms with Crippen molar-refractivity contribution in [2.45, 2.75) is 69.7 Å². The van der Waals surface area contributed by atoms with Crippen LogP contribution in [0.2, 0.25) is 10.0 Å². The number of fused-ring (bicyclic) bond motifs is 4. The molecule has 5 fully saturated rings. The Morgan fingerprint density at radius 1 is 1.16 bits per heavy atom. The lowest BCUT2D eigenvalue weighted by Gasteiger charge is -2.39. The maximum absolute atomic E-state index is 17.1. The quantitative estimate of drug-likeness (QED) is 0.178. The van der Waals surface area contributed by atoms with Crippen molar-refractivity contribution in [2.75, 3.05) is 13.1 Å². The van der Waals surface area contributed by atoms with Crippen LogP contribution in [0.3, 0.4) is 0 Å². The van der Waals surface area contributed by atoms with Gasteiger partial charge in [0.2, 0.25) is 11.8 Å². The van der Waals surface area contributed by atoms with Crippen molar-refractivity contribution in [3.05, 3.63) is 81.5 Å². The lowest BCUT2D eigenvalue weighted by Crippen LogP contribution is -2.41. The summed E-state index contributed by atoms with van der Waals surface area (Å²) >= 11 is 13.1. The molecule has 2 bridgehead atoms. The molecule has 5 atom stereocenters. The number of aromatic nitrogens is 4. The minimum absolute atomic E-state index is 0.0323. The van der Waals surface area contributed by atoms with Crippen LogP contribution >= 0.6 is 23.2 Å². The number of benzene rings is 2. The summed E-state index contributed by atoms with van der Waals surface area (Å²) in [5.74, 6) is 0.536. The molecule has 2 aliphatic carbocycles. The first-order valence-electron chi connectivity index (χ1n) is 17.3. The second-order valence-electron chi connectivity index (χ2n) is 14.1. The van der Waals surface area contributed by atoms with E-state index in [4.69, 9.17) is 32.9 Å². The molecule has 1 N–H and O–H groups in total. The highest BCUT2D eigenvalue weighted by molar-refractivity contribution is 6.43. The molecular weight excluding hydrogens is 676 g/mol. The number of hydrogen-bond acceptors (Lipinski definition) is 7. The van der Waals surface area contributed by atoms with E-state index in [0.29, 0.717) is 64.0 Å². The highest BCUT2D eigenvalue weighted by Gasteiger charge is 2.51. The molecule has 10 rings (SSSR count). The predicted octanol–water partition coefficient (Wildman–Crippen LogP) is 7.52. The van der Waals surface area contributed by atoms with E-state index < -0.39 is 5.82 Å². The number of pyridine rings is 1. The highest BCUT2D eigenvalue weighted by atomic mass is 35.5. The van der Waals surface area contributed by atoms with Gasteiger partial charge in [-0.15, -0.1) is 5.10 Å². The number of ether oxygens (including phenoxy) is 1. The summed E-state index contributed by atoms with van der Waals surface area (Å²) in [5, 5.41) is 23.6. The average molecular weight is 711 g/mol. The molecule has 50 heavy (non-hydrogen) atoms. The Morgan fingerprint density at radius 2 is 2.02 bits per heavy atom. The molecule has 9 nitrogen and oxygen atoms in total. The number of aryl methyl sites for hydroxylation is 2. The van der Waals surface area contributed by atoms with Crippen molar-refractivity contribution in [3.8, 4) is 23.1 Å². The Kier molecular flexibility index (Phi) is 7.72. The maximum atomic E-state index is 17.1. The highest BCUT2D eigenvalue weighted by Crippen LogP contribution is 2.51. The van der Waals surface area contributed by atoms with E-state index in [1.54, 1.807) is 36.5 Å². The normalized spacial score (nSPS) is 24.1. The van der Waals surface area contributed by atoms with Crippen LogP contribution in [0.1, 0.15) is 61.1 Å². The fourth-order valence-corrected chi connectivity index (χ4v) is 8.99. The van der Waals surface area contributed by atoms with Gasteiger partial charge in [0, 0.05) is 76.9 Å². The first-order chi connectivity index (χ1) is 24.3. The van der Waals surface area contributed by atoms with Gasteiger partial charge in [-0.3, -0.25) is 4.79 Å². The number of rotatable bonds is 8. The topological polar surface area (TPSA) is 109 Å². The smallest absolute Gasteiger partial charge is 0.233 e. The van der Waals surface area contributed by atoms with E-state index >= 15 is 4.39 Å². The van der Waals surface area contributed by atoms with Crippen molar-refractivity contribution >= 4 is 50.9 Å². The summed E-state index contributed by atoms with van der Waals surface area (Å²) < 4.78 is 25.8. The molecule has 12 heteroatoms. The minimum atomic E-state index is -0.488. The SMILES string of the molecule is Cc1nc2c(F)c(-c3cccc(Cl)c3Cl)c(CCC#N)cc2c2c1cc(C1CC(Oc3cccnn3)CN1C(=O)C1CC1)n2C1C2CNC1C2. The van der Waals surface area contributed by atoms with E-state index in [0.717, 1.165) is 42.4 Å². The monoisotopic (exact) mass is 709 g/mol. The van der Waals surface area contributed by atoms with Crippen LogP contribution in [0.15, 0.2) is 48.7 Å². The van der Waals surface area contributed by atoms with Crippen LogP contribution in [0, 0.1) is 35.9 Å². The number of amides is 1. The maximum Gasteiger partial charge on any atom is 0.233 e. The number of halogens is 3. The molecule has 0 radical (unpaired) electrons. The van der Waals surface area contributed by atoms with Crippen LogP contribution in [0.25, 0.3) is 32.9 Å². The van der Waals surface area contributed by atoms with Gasteiger partial charge < -0.3 is 19.5 Å². The van der Waals surface area contributed by atoms with E-state index in [-0.39, 0.29) is 53.0 Å². The number of nitrogens with one attached hydrogen (secondary N) is 1. The zero-order valence-electron chi connectivity index (χ0n) is 27.4. The van der Waals surface area contributed by atoms with Crippen molar-refractivity contribution in [3.63, 3.8) is 0 Å². The zero-order valence-corrected chi connectivity index (χ0v) is 28.9. The predicted molar refractivity (Wildman–Crippen MR) is 189 cm³/mol. The first-order valence-corrected chi connectivity index (χ1v) is 18.0. The Bertz CT molecular complexity index is 2220. The lowest BCUT2D eigenvalue weighted by molar-refractivity contribution is -0.133. The van der Waals surface area contributed by atoms with Gasteiger partial charge in [-0.2, -0.15) is 10.4 Å². The summed E-state index contributed by atoms with van der Waals surface area (Å²) in [4.78, 5) is 20.8. The molecule has 2 aromatic carbocycles. The zero-order chi connectivity index (χ0) is 34.3. The number of hydrogen-bond donors (Lipinski definition) is 1. The first kappa shape index (κ1) is 31.7. The lowest BCUT2D eigenvalue weighted by atomic mass is 9.79. The van der Waals surface area contributed by atoms with Crippen LogP contribution < -0.4 is 10.1 Å². The Labute approximate surface area is 298 Å². The van der Waals surface area contributed by atoms with Gasteiger partial charge in [-0.25, -0.2) is 9.37 Å². The van der Waals surface area contributed by atoms with Crippen LogP contribution in [-0.4, -0.2) is 55.8 Å². The van der Waals surface area contributed by atoms with Gasteiger partial charge in [0.25, 0.3) is 0 Å². The van der Waals surface area contributed by atoms with Crippen LogP contribution in [0.4, 0.5) is 4.39 Å². The van der Waals surface area contributed by atoms with E-state index in [2.05, 4.69) is 32.2 Å². The van der Waals surface area contributed by atoms with Gasteiger partial charge in [0.15, 0.2) is 5.82 Å². The molecule has 3 aromatic heterocycles. The Hall–Kier alpha value is -4.30. The molecule has 6 heterocycles. The number of nitrogens with zero attached hydrogens (tertiary/aromatic N) is 6. The second-order valence-corrected chi connectivity index (χ2v) is 14.9. The van der Waals surface area contributed by atoms with Gasteiger partial charge in [0.1, 0.15) is 11.6 Å². The molecule has 254 valence electrons. The summed E-state index contributed by atoms with van der Waals surface area (Å²) in [6.07, 6.45) is 5.32. The molecule has 5 aliphatic rings. The number of nitriles is 1. The van der Waals surface area contributed by atoms with E-state index in [1.807, 2.05) is 17.9 Å². The molecule has 5 unspecified atom stereocenters. The molecule has 3 aliphatic heterocycles. The van der Waals surface area contributed by atoms with Crippen LogP contribution in [0.5, 0.6) is 5.88 Å². The molecule has 2 saturated carbocycles.